The number of halogens is 1. The lowest BCUT2D eigenvalue weighted by Gasteiger charge is -2.11. The van der Waals surface area contributed by atoms with Crippen LogP contribution in [0, 0.1) is 0 Å². The van der Waals surface area contributed by atoms with Crippen molar-refractivity contribution < 1.29 is 14.9 Å². The summed E-state index contributed by atoms with van der Waals surface area (Å²) in [7, 11) is 1.63. The molecule has 2 N–H and O–H groups in total. The molecule has 1 saturated carbocycles. The van der Waals surface area contributed by atoms with Crippen LogP contribution in [-0.2, 0) is 0 Å². The SMILES string of the molecule is COc1ccc(C2C[C@@H](O)[C@@H](O)C2)cc1Br. The smallest absolute Gasteiger partial charge is 0.133 e. The quantitative estimate of drug-likeness (QED) is 0.875. The first-order chi connectivity index (χ1) is 7.61. The number of hydrogen-bond donors (Lipinski definition) is 2. The summed E-state index contributed by atoms with van der Waals surface area (Å²) in [6.45, 7) is 0. The lowest BCUT2D eigenvalue weighted by atomic mass is 9.97. The summed E-state index contributed by atoms with van der Waals surface area (Å²) >= 11 is 3.43. The number of hydrogen-bond acceptors (Lipinski definition) is 3. The highest BCUT2D eigenvalue weighted by atomic mass is 79.9. The number of ether oxygens (including phenoxy) is 1. The van der Waals surface area contributed by atoms with E-state index >= 15 is 0 Å². The molecule has 1 unspecified atom stereocenters. The van der Waals surface area contributed by atoms with Crippen LogP contribution >= 0.6 is 15.9 Å². The van der Waals surface area contributed by atoms with Crippen LogP contribution in [-0.4, -0.2) is 29.5 Å². The number of aliphatic hydroxyl groups is 2. The molecule has 0 bridgehead atoms. The van der Waals surface area contributed by atoms with Gasteiger partial charge in [0.05, 0.1) is 23.8 Å². The molecule has 16 heavy (non-hydrogen) atoms. The Morgan fingerprint density at radius 2 is 1.88 bits per heavy atom. The van der Waals surface area contributed by atoms with E-state index < -0.39 is 12.2 Å². The van der Waals surface area contributed by atoms with E-state index in [-0.39, 0.29) is 5.92 Å². The van der Waals surface area contributed by atoms with Crippen molar-refractivity contribution >= 4 is 15.9 Å². The molecule has 0 radical (unpaired) electrons. The van der Waals surface area contributed by atoms with E-state index in [1.165, 1.54) is 0 Å². The molecule has 2 rings (SSSR count). The van der Waals surface area contributed by atoms with Gasteiger partial charge in [0.1, 0.15) is 5.75 Å². The van der Waals surface area contributed by atoms with Gasteiger partial charge in [0.2, 0.25) is 0 Å². The number of rotatable bonds is 2. The summed E-state index contributed by atoms with van der Waals surface area (Å²) < 4.78 is 6.07. The zero-order valence-corrected chi connectivity index (χ0v) is 10.6. The molecule has 1 aromatic carbocycles. The Labute approximate surface area is 103 Å². The van der Waals surface area contributed by atoms with Gasteiger partial charge in [0.25, 0.3) is 0 Å². The normalized spacial score (nSPS) is 29.4. The van der Waals surface area contributed by atoms with Gasteiger partial charge in [-0.1, -0.05) is 6.07 Å². The summed E-state index contributed by atoms with van der Waals surface area (Å²) in [5, 5.41) is 19.0. The van der Waals surface area contributed by atoms with Gasteiger partial charge < -0.3 is 14.9 Å². The molecule has 0 saturated heterocycles. The van der Waals surface area contributed by atoms with Gasteiger partial charge in [0.15, 0.2) is 0 Å². The van der Waals surface area contributed by atoms with Crippen molar-refractivity contribution in [1.29, 1.82) is 0 Å². The second-order valence-corrected chi connectivity index (χ2v) is 5.05. The Morgan fingerprint density at radius 3 is 2.38 bits per heavy atom. The Kier molecular flexibility index (Phi) is 3.52. The maximum Gasteiger partial charge on any atom is 0.133 e. The van der Waals surface area contributed by atoms with E-state index in [2.05, 4.69) is 15.9 Å². The van der Waals surface area contributed by atoms with Crippen LogP contribution in [0.3, 0.4) is 0 Å². The molecule has 1 fully saturated rings. The van der Waals surface area contributed by atoms with Gasteiger partial charge in [-0.25, -0.2) is 0 Å². The molecule has 0 spiro atoms. The van der Waals surface area contributed by atoms with E-state index in [4.69, 9.17) is 4.74 Å². The second-order valence-electron chi connectivity index (χ2n) is 4.20. The molecule has 4 heteroatoms. The van der Waals surface area contributed by atoms with Crippen LogP contribution in [0.1, 0.15) is 24.3 Å². The average molecular weight is 287 g/mol. The van der Waals surface area contributed by atoms with Crippen molar-refractivity contribution in [3.8, 4) is 5.75 Å². The highest BCUT2D eigenvalue weighted by Gasteiger charge is 2.32. The zero-order chi connectivity index (χ0) is 11.7. The molecule has 3 nitrogen and oxygen atoms in total. The van der Waals surface area contributed by atoms with Crippen molar-refractivity contribution in [2.45, 2.75) is 31.0 Å². The lowest BCUT2D eigenvalue weighted by molar-refractivity contribution is 0.0438. The summed E-state index contributed by atoms with van der Waals surface area (Å²) in [6.07, 6.45) is 0.0663. The van der Waals surface area contributed by atoms with Gasteiger partial charge in [-0.05, 0) is 52.4 Å². The average Bonchev–Trinajstić information content (AvgIpc) is 2.59. The van der Waals surface area contributed by atoms with E-state index in [0.29, 0.717) is 12.8 Å². The lowest BCUT2D eigenvalue weighted by Crippen LogP contribution is -2.17. The fraction of sp³-hybridized carbons (Fsp3) is 0.500. The summed E-state index contributed by atoms with van der Waals surface area (Å²) in [6, 6.07) is 5.88. The molecular weight excluding hydrogens is 272 g/mol. The van der Waals surface area contributed by atoms with Crippen LogP contribution in [0.4, 0.5) is 0 Å². The molecule has 0 amide bonds. The third-order valence-corrected chi connectivity index (χ3v) is 3.76. The molecule has 0 aromatic heterocycles. The topological polar surface area (TPSA) is 49.7 Å². The van der Waals surface area contributed by atoms with Gasteiger partial charge in [-0.3, -0.25) is 0 Å². The number of benzene rings is 1. The maximum absolute atomic E-state index is 9.51. The van der Waals surface area contributed by atoms with Gasteiger partial charge >= 0.3 is 0 Å². The number of aliphatic hydroxyl groups excluding tert-OH is 2. The highest BCUT2D eigenvalue weighted by Crippen LogP contribution is 2.37. The molecule has 0 heterocycles. The highest BCUT2D eigenvalue weighted by molar-refractivity contribution is 9.10. The molecular formula is C12H15BrO3. The van der Waals surface area contributed by atoms with Crippen LogP contribution in [0.2, 0.25) is 0 Å². The molecule has 1 aromatic rings. The fourth-order valence-corrected chi connectivity index (χ4v) is 2.76. The Morgan fingerprint density at radius 1 is 1.25 bits per heavy atom. The predicted octanol–water partition coefficient (Wildman–Crippen LogP) is 2.06. The Hall–Kier alpha value is -0.580. The maximum atomic E-state index is 9.51. The molecule has 3 atom stereocenters. The van der Waals surface area contributed by atoms with Crippen LogP contribution in [0.25, 0.3) is 0 Å². The zero-order valence-electron chi connectivity index (χ0n) is 9.06. The summed E-state index contributed by atoms with van der Waals surface area (Å²) in [5.74, 6) is 1.02. The first kappa shape index (κ1) is 11.9. The Bertz CT molecular complexity index is 371. The van der Waals surface area contributed by atoms with E-state index in [9.17, 15) is 10.2 Å². The first-order valence-corrected chi connectivity index (χ1v) is 6.10. The van der Waals surface area contributed by atoms with Crippen LogP contribution in [0.5, 0.6) is 5.75 Å². The first-order valence-electron chi connectivity index (χ1n) is 5.31. The van der Waals surface area contributed by atoms with E-state index in [1.807, 2.05) is 18.2 Å². The van der Waals surface area contributed by atoms with Crippen molar-refractivity contribution in [2.75, 3.05) is 7.11 Å². The molecule has 0 aliphatic heterocycles. The van der Waals surface area contributed by atoms with Crippen molar-refractivity contribution in [2.24, 2.45) is 0 Å². The summed E-state index contributed by atoms with van der Waals surface area (Å²) in [4.78, 5) is 0. The van der Waals surface area contributed by atoms with E-state index in [0.717, 1.165) is 15.8 Å². The van der Waals surface area contributed by atoms with Crippen molar-refractivity contribution in [3.05, 3.63) is 28.2 Å². The molecule has 1 aliphatic rings. The minimum atomic E-state index is -0.592. The largest absolute Gasteiger partial charge is 0.496 e. The standard InChI is InChI=1S/C12H15BrO3/c1-16-12-3-2-7(4-9(12)13)8-5-10(14)11(15)6-8/h2-4,8,10-11,14-15H,5-6H2,1H3/t8?,10-,11+. The van der Waals surface area contributed by atoms with Crippen molar-refractivity contribution in [3.63, 3.8) is 0 Å². The van der Waals surface area contributed by atoms with Crippen molar-refractivity contribution in [1.82, 2.24) is 0 Å². The Balaban J connectivity index is 2.19. The minimum Gasteiger partial charge on any atom is -0.496 e. The molecule has 88 valence electrons. The second kappa shape index (κ2) is 4.73. The minimum absolute atomic E-state index is 0.229. The third-order valence-electron chi connectivity index (χ3n) is 3.14. The van der Waals surface area contributed by atoms with Gasteiger partial charge in [-0.15, -0.1) is 0 Å². The third kappa shape index (κ3) is 2.24. The number of methoxy groups -OCH3 is 1. The van der Waals surface area contributed by atoms with Gasteiger partial charge in [-0.2, -0.15) is 0 Å². The predicted molar refractivity (Wildman–Crippen MR) is 64.7 cm³/mol. The van der Waals surface area contributed by atoms with Crippen LogP contribution in [0.15, 0.2) is 22.7 Å². The van der Waals surface area contributed by atoms with Crippen LogP contribution < -0.4 is 4.74 Å². The summed E-state index contributed by atoms with van der Waals surface area (Å²) in [5.41, 5.74) is 1.13. The fourth-order valence-electron chi connectivity index (χ4n) is 2.20. The monoisotopic (exact) mass is 286 g/mol. The molecule has 1 aliphatic carbocycles. The van der Waals surface area contributed by atoms with E-state index in [1.54, 1.807) is 7.11 Å². The van der Waals surface area contributed by atoms with Gasteiger partial charge in [0, 0.05) is 0 Å².